The number of thiol groups is 1. The molecule has 0 nitrogen and oxygen atoms in total. The smallest absolute Gasteiger partial charge is 0.00745 e. The molecule has 0 saturated heterocycles. The minimum Gasteiger partial charge on any atom is -0.148 e. The molecule has 0 unspecified atom stereocenters. The van der Waals surface area contributed by atoms with Gasteiger partial charge in [-0.1, -0.05) is 68.8 Å². The van der Waals surface area contributed by atoms with Crippen LogP contribution in [0.1, 0.15) is 13.8 Å². The van der Waals surface area contributed by atoms with Gasteiger partial charge in [-0.2, -0.15) is 0 Å². The second kappa shape index (κ2) is 7.70. The molecule has 1 aromatic rings. The lowest BCUT2D eigenvalue weighted by Gasteiger charge is -2.00. The average molecular weight is 294 g/mol. The highest BCUT2D eigenvalue weighted by Crippen LogP contribution is 1.94. The molecule has 0 aromatic heterocycles. The molecule has 0 radical (unpaired) electrons. The Morgan fingerprint density at radius 3 is 2.33 bits per heavy atom. The second-order valence-corrected chi connectivity index (χ2v) is 5.50. The van der Waals surface area contributed by atoms with Crippen molar-refractivity contribution in [3.05, 3.63) is 82.6 Å². The van der Waals surface area contributed by atoms with E-state index in [1.165, 1.54) is 0 Å². The van der Waals surface area contributed by atoms with E-state index in [-0.39, 0.29) is 0 Å². The summed E-state index contributed by atoms with van der Waals surface area (Å²) in [5.41, 5.74) is 1.97. The number of allylic oxidation sites excluding steroid dienone is 5. The molecule has 21 heavy (non-hydrogen) atoms. The van der Waals surface area contributed by atoms with Crippen LogP contribution in [0.5, 0.6) is 0 Å². The van der Waals surface area contributed by atoms with E-state index in [2.05, 4.69) is 51.1 Å². The lowest BCUT2D eigenvalue weighted by molar-refractivity contribution is 1.37. The number of hydrogen-bond acceptors (Lipinski definition) is 1. The van der Waals surface area contributed by atoms with Gasteiger partial charge in [0.1, 0.15) is 0 Å². The van der Waals surface area contributed by atoms with Crippen LogP contribution in [0.2, 0.25) is 0 Å². The summed E-state index contributed by atoms with van der Waals surface area (Å²) in [6.07, 6.45) is 9.47. The van der Waals surface area contributed by atoms with Crippen LogP contribution in [0, 0.1) is 0 Å². The molecule has 1 heteroatoms. The molecule has 0 bridgehead atoms. The molecule has 0 amide bonds. The Morgan fingerprint density at radius 1 is 1.14 bits per heavy atom. The first-order valence-electron chi connectivity index (χ1n) is 6.73. The van der Waals surface area contributed by atoms with Gasteiger partial charge in [0.15, 0.2) is 0 Å². The predicted octanol–water partition coefficient (Wildman–Crippen LogP) is 2.59. The molecule has 0 spiro atoms. The van der Waals surface area contributed by atoms with Crippen LogP contribution < -0.4 is 20.9 Å². The minimum absolute atomic E-state index is 0.877. The fourth-order valence-corrected chi connectivity index (χ4v) is 2.20. The van der Waals surface area contributed by atoms with Crippen LogP contribution in [0.15, 0.2) is 61.7 Å². The summed E-state index contributed by atoms with van der Waals surface area (Å²) in [5.74, 6) is 0. The summed E-state index contributed by atoms with van der Waals surface area (Å²) in [5, 5.41) is 4.24. The summed E-state index contributed by atoms with van der Waals surface area (Å²) in [7, 11) is 0. The SMILES string of the molecule is C=CC(=C)/C=C\C=c1\ccc(=C(/C)S)/c(=C(/C)C=C)c1=C. The summed E-state index contributed by atoms with van der Waals surface area (Å²) < 4.78 is 0. The highest BCUT2D eigenvalue weighted by Gasteiger charge is 1.95. The topological polar surface area (TPSA) is 0 Å². The van der Waals surface area contributed by atoms with Gasteiger partial charge in [0.05, 0.1) is 0 Å². The van der Waals surface area contributed by atoms with E-state index in [9.17, 15) is 0 Å². The molecule has 0 fully saturated rings. The largest absolute Gasteiger partial charge is 0.148 e. The van der Waals surface area contributed by atoms with Crippen LogP contribution in [-0.4, -0.2) is 0 Å². The molecule has 0 aliphatic carbocycles. The van der Waals surface area contributed by atoms with Gasteiger partial charge < -0.3 is 0 Å². The van der Waals surface area contributed by atoms with Crippen molar-refractivity contribution in [2.45, 2.75) is 13.8 Å². The highest BCUT2D eigenvalue weighted by molar-refractivity contribution is 7.90. The first-order valence-corrected chi connectivity index (χ1v) is 7.18. The summed E-state index contributed by atoms with van der Waals surface area (Å²) in [6.45, 7) is 19.6. The van der Waals surface area contributed by atoms with Crippen LogP contribution in [-0.2, 0) is 0 Å². The van der Waals surface area contributed by atoms with Crippen LogP contribution in [0.4, 0.5) is 0 Å². The maximum Gasteiger partial charge on any atom is -0.00745 e. The molecule has 0 heterocycles. The zero-order valence-electron chi connectivity index (χ0n) is 12.8. The molecule has 0 saturated carbocycles. The van der Waals surface area contributed by atoms with Crippen molar-refractivity contribution < 1.29 is 0 Å². The Kier molecular flexibility index (Phi) is 6.26. The third-order valence-electron chi connectivity index (χ3n) is 3.29. The van der Waals surface area contributed by atoms with E-state index in [0.29, 0.717) is 0 Å². The van der Waals surface area contributed by atoms with Gasteiger partial charge in [-0.25, -0.2) is 0 Å². The van der Waals surface area contributed by atoms with E-state index in [4.69, 9.17) is 0 Å². The third-order valence-corrected chi connectivity index (χ3v) is 3.53. The number of hydrogen-bond donors (Lipinski definition) is 1. The second-order valence-electron chi connectivity index (χ2n) is 4.83. The van der Waals surface area contributed by atoms with E-state index in [1.807, 2.05) is 38.2 Å². The van der Waals surface area contributed by atoms with Gasteiger partial charge in [0, 0.05) is 0 Å². The van der Waals surface area contributed by atoms with E-state index in [0.717, 1.165) is 36.9 Å². The zero-order valence-corrected chi connectivity index (χ0v) is 13.7. The van der Waals surface area contributed by atoms with Crippen LogP contribution in [0.25, 0.3) is 23.1 Å². The molecule has 0 aliphatic rings. The van der Waals surface area contributed by atoms with Crippen molar-refractivity contribution in [3.8, 4) is 0 Å². The van der Waals surface area contributed by atoms with Crippen molar-refractivity contribution in [3.63, 3.8) is 0 Å². The number of rotatable bonds is 4. The van der Waals surface area contributed by atoms with Gasteiger partial charge >= 0.3 is 0 Å². The van der Waals surface area contributed by atoms with E-state index in [1.54, 1.807) is 6.08 Å². The lowest BCUT2D eigenvalue weighted by Crippen LogP contribution is -2.48. The van der Waals surface area contributed by atoms with Gasteiger partial charge in [0.25, 0.3) is 0 Å². The van der Waals surface area contributed by atoms with Gasteiger partial charge in [0.2, 0.25) is 0 Å². The number of benzene rings is 1. The molecule has 1 rings (SSSR count). The molecule has 0 N–H and O–H groups in total. The lowest BCUT2D eigenvalue weighted by atomic mass is 10.1. The first-order chi connectivity index (χ1) is 9.92. The Morgan fingerprint density at radius 2 is 1.81 bits per heavy atom. The quantitative estimate of drug-likeness (QED) is 0.640. The van der Waals surface area contributed by atoms with Gasteiger partial charge in [-0.05, 0) is 50.8 Å². The summed E-state index contributed by atoms with van der Waals surface area (Å²) in [4.78, 5) is 0.971. The fourth-order valence-electron chi connectivity index (χ4n) is 2.02. The molecule has 108 valence electrons. The Labute approximate surface area is 132 Å². The minimum atomic E-state index is 0.877. The normalized spacial score (nSPS) is 14.9. The standard InChI is InChI=1S/C20H22S/c1-7-14(3)10-9-11-18-12-13-19(17(6)21)20(16(18)5)15(4)8-2/h7-13,21H,1-3,5H2,4,6H3/b10-9-,18-11-,19-17+,20-15-. The van der Waals surface area contributed by atoms with Crippen molar-refractivity contribution >= 4 is 35.8 Å². The van der Waals surface area contributed by atoms with E-state index >= 15 is 0 Å². The summed E-state index contributed by atoms with van der Waals surface area (Å²) >= 11 is 4.48. The van der Waals surface area contributed by atoms with Gasteiger partial charge in [-0.15, -0.1) is 12.6 Å². The monoisotopic (exact) mass is 294 g/mol. The molecular weight excluding hydrogens is 272 g/mol. The molecule has 0 aliphatic heterocycles. The van der Waals surface area contributed by atoms with Crippen LogP contribution >= 0.6 is 12.6 Å². The van der Waals surface area contributed by atoms with Crippen molar-refractivity contribution in [1.82, 2.24) is 0 Å². The fraction of sp³-hybridized carbons (Fsp3) is 0.100. The molecule has 1 aromatic carbocycles. The molecular formula is C20H22S. The summed E-state index contributed by atoms with van der Waals surface area (Å²) in [6, 6.07) is 4.12. The predicted molar refractivity (Wildman–Crippen MR) is 101 cm³/mol. The van der Waals surface area contributed by atoms with Crippen molar-refractivity contribution in [2.24, 2.45) is 0 Å². The van der Waals surface area contributed by atoms with Crippen molar-refractivity contribution in [1.29, 1.82) is 0 Å². The third kappa shape index (κ3) is 4.24. The van der Waals surface area contributed by atoms with Gasteiger partial charge in [-0.3, -0.25) is 0 Å². The maximum absolute atomic E-state index is 4.48. The van der Waals surface area contributed by atoms with Crippen LogP contribution in [0.3, 0.4) is 0 Å². The zero-order chi connectivity index (χ0) is 16.0. The highest BCUT2D eigenvalue weighted by atomic mass is 32.1. The Balaban J connectivity index is 3.76. The Bertz CT molecular complexity index is 829. The Hall–Kier alpha value is -1.99. The average Bonchev–Trinajstić information content (AvgIpc) is 2.47. The van der Waals surface area contributed by atoms with Crippen molar-refractivity contribution in [2.75, 3.05) is 0 Å². The maximum atomic E-state index is 4.48. The first kappa shape index (κ1) is 17.1. The molecule has 0 atom stereocenters. The van der Waals surface area contributed by atoms with E-state index < -0.39 is 0 Å².